The molecule has 1 atom stereocenters. The van der Waals surface area contributed by atoms with E-state index in [9.17, 15) is 14.7 Å². The number of esters is 1. The molecule has 0 unspecified atom stereocenters. The summed E-state index contributed by atoms with van der Waals surface area (Å²) in [6, 6.07) is 10.5. The van der Waals surface area contributed by atoms with Gasteiger partial charge in [0.05, 0.1) is 13.2 Å². The number of nitrogens with zero attached hydrogens (tertiary/aromatic N) is 1. The molecule has 1 aromatic carbocycles. The predicted molar refractivity (Wildman–Crippen MR) is 84.3 cm³/mol. The number of aliphatic hydroxyl groups is 1. The van der Waals surface area contributed by atoms with Gasteiger partial charge in [-0.15, -0.1) is 5.10 Å². The molecule has 1 aromatic heterocycles. The van der Waals surface area contributed by atoms with Gasteiger partial charge in [0.25, 0.3) is 5.91 Å². The number of aromatic nitrogens is 2. The summed E-state index contributed by atoms with van der Waals surface area (Å²) in [6.45, 7) is 2.02. The number of benzene rings is 1. The van der Waals surface area contributed by atoms with Crippen molar-refractivity contribution in [3.8, 4) is 5.88 Å². The molecule has 0 fully saturated rings. The van der Waals surface area contributed by atoms with Crippen molar-refractivity contribution in [2.75, 3.05) is 13.2 Å². The average Bonchev–Trinajstić information content (AvgIpc) is 3.07. The van der Waals surface area contributed by atoms with Crippen LogP contribution in [-0.4, -0.2) is 46.4 Å². The maximum Gasteiger partial charge on any atom is 0.337 e. The molecule has 2 rings (SSSR count). The Morgan fingerprint density at radius 3 is 2.79 bits per heavy atom. The lowest BCUT2D eigenvalue weighted by Gasteiger charge is -2.11. The van der Waals surface area contributed by atoms with Crippen LogP contribution < -0.4 is 10.1 Å². The van der Waals surface area contributed by atoms with E-state index >= 15 is 0 Å². The molecule has 1 heterocycles. The van der Waals surface area contributed by atoms with Crippen LogP contribution in [0.5, 0.6) is 5.88 Å². The third kappa shape index (κ3) is 5.10. The summed E-state index contributed by atoms with van der Waals surface area (Å²) in [7, 11) is 0. The quantitative estimate of drug-likeness (QED) is 0.611. The van der Waals surface area contributed by atoms with Gasteiger partial charge < -0.3 is 19.9 Å². The molecule has 0 aliphatic carbocycles. The molecule has 0 aliphatic heterocycles. The highest BCUT2D eigenvalue weighted by Crippen LogP contribution is 2.07. The summed E-state index contributed by atoms with van der Waals surface area (Å²) in [5.41, 5.74) is 0.978. The van der Waals surface area contributed by atoms with E-state index in [1.165, 1.54) is 6.07 Å². The Hall–Kier alpha value is -2.87. The highest BCUT2D eigenvalue weighted by Gasteiger charge is 2.19. The summed E-state index contributed by atoms with van der Waals surface area (Å²) in [5.74, 6) is -1.02. The number of aromatic amines is 1. The Labute approximate surface area is 138 Å². The molecule has 24 heavy (non-hydrogen) atoms. The van der Waals surface area contributed by atoms with Gasteiger partial charge in [-0.25, -0.2) is 4.79 Å². The van der Waals surface area contributed by atoms with Gasteiger partial charge in [-0.2, -0.15) is 0 Å². The molecule has 0 saturated heterocycles. The minimum atomic E-state index is -1.45. The number of hydrogen-bond acceptors (Lipinski definition) is 6. The normalized spacial score (nSPS) is 11.6. The topological polar surface area (TPSA) is 114 Å². The van der Waals surface area contributed by atoms with Gasteiger partial charge in [-0.05, 0) is 12.5 Å². The van der Waals surface area contributed by atoms with Gasteiger partial charge >= 0.3 is 5.97 Å². The number of hydrogen-bond donors (Lipinski definition) is 3. The molecule has 2 aromatic rings. The van der Waals surface area contributed by atoms with E-state index in [2.05, 4.69) is 15.5 Å². The van der Waals surface area contributed by atoms with Crippen molar-refractivity contribution in [2.24, 2.45) is 0 Å². The van der Waals surface area contributed by atoms with Crippen molar-refractivity contribution in [1.82, 2.24) is 15.5 Å². The smallest absolute Gasteiger partial charge is 0.337 e. The van der Waals surface area contributed by atoms with Crippen LogP contribution in [0.15, 0.2) is 36.4 Å². The largest absolute Gasteiger partial charge is 0.477 e. The second-order valence-corrected chi connectivity index (χ2v) is 4.87. The minimum Gasteiger partial charge on any atom is -0.477 e. The first-order valence-electron chi connectivity index (χ1n) is 7.45. The number of amides is 1. The fourth-order valence-electron chi connectivity index (χ4n) is 1.83. The maximum absolute atomic E-state index is 11.9. The van der Waals surface area contributed by atoms with Gasteiger partial charge in [-0.1, -0.05) is 30.3 Å². The van der Waals surface area contributed by atoms with Gasteiger partial charge in [0.2, 0.25) is 5.88 Å². The first kappa shape index (κ1) is 17.5. The summed E-state index contributed by atoms with van der Waals surface area (Å²) in [6.07, 6.45) is -1.45. The Morgan fingerprint density at radius 1 is 1.33 bits per heavy atom. The second kappa shape index (κ2) is 8.68. The molecule has 128 valence electrons. The van der Waals surface area contributed by atoms with E-state index in [0.29, 0.717) is 12.5 Å². The fourth-order valence-corrected chi connectivity index (χ4v) is 1.83. The van der Waals surface area contributed by atoms with Crippen molar-refractivity contribution in [2.45, 2.75) is 19.6 Å². The monoisotopic (exact) mass is 333 g/mol. The van der Waals surface area contributed by atoms with E-state index < -0.39 is 18.0 Å². The van der Waals surface area contributed by atoms with Crippen molar-refractivity contribution in [1.29, 1.82) is 0 Å². The van der Waals surface area contributed by atoms with Crippen LogP contribution in [0.3, 0.4) is 0 Å². The Morgan fingerprint density at radius 2 is 2.08 bits per heavy atom. The number of ether oxygens (including phenoxy) is 2. The highest BCUT2D eigenvalue weighted by atomic mass is 16.5. The zero-order chi connectivity index (χ0) is 17.4. The number of carbonyl (C=O) groups excluding carboxylic acids is 2. The first-order chi connectivity index (χ1) is 11.6. The maximum atomic E-state index is 11.9. The Balaban J connectivity index is 1.75. The number of carbonyl (C=O) groups is 2. The van der Waals surface area contributed by atoms with Crippen LogP contribution in [0, 0.1) is 0 Å². The van der Waals surface area contributed by atoms with Gasteiger partial charge in [0.15, 0.2) is 6.10 Å². The zero-order valence-electron chi connectivity index (χ0n) is 13.2. The van der Waals surface area contributed by atoms with Crippen molar-refractivity contribution >= 4 is 11.9 Å². The molecule has 0 aliphatic rings. The second-order valence-electron chi connectivity index (χ2n) is 4.87. The lowest BCUT2D eigenvalue weighted by Crippen LogP contribution is -2.37. The zero-order valence-corrected chi connectivity index (χ0v) is 13.2. The van der Waals surface area contributed by atoms with Gasteiger partial charge in [0, 0.05) is 6.07 Å². The molecule has 0 bridgehead atoms. The lowest BCUT2D eigenvalue weighted by atomic mass is 10.2. The third-order valence-corrected chi connectivity index (χ3v) is 3.04. The molecule has 8 heteroatoms. The van der Waals surface area contributed by atoms with Gasteiger partial charge in [-0.3, -0.25) is 9.89 Å². The highest BCUT2D eigenvalue weighted by molar-refractivity contribution is 5.92. The number of H-pyrrole nitrogens is 1. The molecular weight excluding hydrogens is 314 g/mol. The predicted octanol–water partition coefficient (Wildman–Crippen LogP) is 0.642. The van der Waals surface area contributed by atoms with Crippen LogP contribution >= 0.6 is 0 Å². The van der Waals surface area contributed by atoms with E-state index in [1.54, 1.807) is 19.1 Å². The number of aliphatic hydroxyl groups excluding tert-OH is 1. The molecule has 0 radical (unpaired) electrons. The van der Waals surface area contributed by atoms with Crippen LogP contribution in [-0.2, 0) is 16.1 Å². The third-order valence-electron chi connectivity index (χ3n) is 3.04. The van der Waals surface area contributed by atoms with Crippen molar-refractivity contribution < 1.29 is 24.2 Å². The SMILES string of the molecule is CCOc1cc(C(=O)NC[C@H](O)C(=O)OCc2ccccc2)[nH]n1. The number of rotatable bonds is 8. The standard InChI is InChI=1S/C16H19N3O5/c1-2-23-14-8-12(18-19-14)15(21)17-9-13(20)16(22)24-10-11-6-4-3-5-7-11/h3-8,13,20H,2,9-10H2,1H3,(H,17,21)(H,18,19)/t13-/m0/s1. The van der Waals surface area contributed by atoms with Crippen LogP contribution in [0.1, 0.15) is 23.0 Å². The van der Waals surface area contributed by atoms with E-state index in [4.69, 9.17) is 9.47 Å². The molecule has 0 spiro atoms. The van der Waals surface area contributed by atoms with E-state index in [0.717, 1.165) is 5.56 Å². The molecule has 0 saturated carbocycles. The molecule has 8 nitrogen and oxygen atoms in total. The Kier molecular flexibility index (Phi) is 6.32. The van der Waals surface area contributed by atoms with E-state index in [-0.39, 0.29) is 18.8 Å². The number of nitrogens with one attached hydrogen (secondary N) is 2. The fraction of sp³-hybridized carbons (Fsp3) is 0.312. The Bertz CT molecular complexity index is 671. The summed E-state index contributed by atoms with van der Waals surface area (Å²) >= 11 is 0. The molecule has 1 amide bonds. The minimum absolute atomic E-state index is 0.0585. The van der Waals surface area contributed by atoms with Gasteiger partial charge in [0.1, 0.15) is 12.3 Å². The summed E-state index contributed by atoms with van der Waals surface area (Å²) in [4.78, 5) is 23.6. The summed E-state index contributed by atoms with van der Waals surface area (Å²) in [5, 5.41) is 18.5. The van der Waals surface area contributed by atoms with Crippen molar-refractivity contribution in [3.05, 3.63) is 47.7 Å². The molecular formula is C16H19N3O5. The average molecular weight is 333 g/mol. The molecule has 3 N–H and O–H groups in total. The van der Waals surface area contributed by atoms with Crippen LogP contribution in [0.4, 0.5) is 0 Å². The van der Waals surface area contributed by atoms with Crippen LogP contribution in [0.25, 0.3) is 0 Å². The first-order valence-corrected chi connectivity index (χ1v) is 7.45. The van der Waals surface area contributed by atoms with E-state index in [1.807, 2.05) is 18.2 Å². The van der Waals surface area contributed by atoms with Crippen molar-refractivity contribution in [3.63, 3.8) is 0 Å². The lowest BCUT2D eigenvalue weighted by molar-refractivity contribution is -0.154. The summed E-state index contributed by atoms with van der Waals surface area (Å²) < 4.78 is 10.1. The van der Waals surface area contributed by atoms with Crippen LogP contribution in [0.2, 0.25) is 0 Å².